The van der Waals surface area contributed by atoms with Crippen molar-refractivity contribution in [2.24, 2.45) is 0 Å². The number of carbonyl (C=O) groups is 2. The Labute approximate surface area is 147 Å². The highest BCUT2D eigenvalue weighted by Gasteiger charge is 2.11. The van der Waals surface area contributed by atoms with Crippen molar-refractivity contribution >= 4 is 24.0 Å². The molecule has 0 bridgehead atoms. The number of nitrogens with one attached hydrogen (secondary N) is 2. The molecule has 0 saturated carbocycles. The topological polar surface area (TPSA) is 71.3 Å². The van der Waals surface area contributed by atoms with Crippen LogP contribution in [0.15, 0.2) is 64.9 Å². The number of unbranched alkanes of at least 4 members (excludes halogenated alkanes) is 1. The second-order valence-electron chi connectivity index (χ2n) is 5.42. The van der Waals surface area contributed by atoms with E-state index >= 15 is 0 Å². The van der Waals surface area contributed by atoms with Crippen molar-refractivity contribution < 1.29 is 14.0 Å². The van der Waals surface area contributed by atoms with Crippen LogP contribution in [0.3, 0.4) is 0 Å². The normalized spacial score (nSPS) is 11.5. The van der Waals surface area contributed by atoms with Crippen molar-refractivity contribution in [3.05, 3.63) is 71.8 Å². The summed E-state index contributed by atoms with van der Waals surface area (Å²) in [6.45, 7) is 2.62. The lowest BCUT2D eigenvalue weighted by Crippen LogP contribution is -2.34. The molecule has 0 aliphatic heterocycles. The summed E-state index contributed by atoms with van der Waals surface area (Å²) in [6.07, 6.45) is 7.92. The Morgan fingerprint density at radius 3 is 2.60 bits per heavy atom. The van der Waals surface area contributed by atoms with Gasteiger partial charge < -0.3 is 15.1 Å². The molecule has 2 aromatic rings. The third-order valence-electron chi connectivity index (χ3n) is 3.37. The Kier molecular flexibility index (Phi) is 7.25. The zero-order valence-corrected chi connectivity index (χ0v) is 14.2. The molecule has 0 aliphatic rings. The van der Waals surface area contributed by atoms with E-state index in [2.05, 4.69) is 10.6 Å². The van der Waals surface area contributed by atoms with E-state index < -0.39 is 5.91 Å². The Morgan fingerprint density at radius 2 is 1.92 bits per heavy atom. The molecule has 5 nitrogen and oxygen atoms in total. The van der Waals surface area contributed by atoms with Gasteiger partial charge in [-0.25, -0.2) is 0 Å². The largest absolute Gasteiger partial charge is 0.465 e. The van der Waals surface area contributed by atoms with Crippen molar-refractivity contribution in [2.45, 2.75) is 19.8 Å². The highest BCUT2D eigenvalue weighted by atomic mass is 16.3. The summed E-state index contributed by atoms with van der Waals surface area (Å²) in [4.78, 5) is 24.5. The minimum absolute atomic E-state index is 0.205. The second kappa shape index (κ2) is 9.93. The van der Waals surface area contributed by atoms with Crippen LogP contribution in [-0.2, 0) is 9.59 Å². The fraction of sp³-hybridized carbons (Fsp3) is 0.200. The molecule has 5 heteroatoms. The van der Waals surface area contributed by atoms with Crippen molar-refractivity contribution in [1.29, 1.82) is 0 Å². The average Bonchev–Trinajstić information content (AvgIpc) is 3.14. The van der Waals surface area contributed by atoms with Gasteiger partial charge in [-0.3, -0.25) is 9.59 Å². The second-order valence-corrected chi connectivity index (χ2v) is 5.42. The Balaban J connectivity index is 2.09. The minimum Gasteiger partial charge on any atom is -0.465 e. The molecule has 2 rings (SSSR count). The number of benzene rings is 1. The predicted molar refractivity (Wildman–Crippen MR) is 98.2 cm³/mol. The van der Waals surface area contributed by atoms with E-state index in [-0.39, 0.29) is 11.6 Å². The van der Waals surface area contributed by atoms with Gasteiger partial charge in [0, 0.05) is 12.6 Å². The predicted octanol–water partition coefficient (Wildman–Crippen LogP) is 3.37. The monoisotopic (exact) mass is 338 g/mol. The van der Waals surface area contributed by atoms with Crippen molar-refractivity contribution in [1.82, 2.24) is 10.6 Å². The summed E-state index contributed by atoms with van der Waals surface area (Å²) >= 11 is 0. The van der Waals surface area contributed by atoms with Crippen molar-refractivity contribution in [3.8, 4) is 0 Å². The Bertz CT molecular complexity index is 732. The van der Waals surface area contributed by atoms with Gasteiger partial charge in [0.05, 0.1) is 6.26 Å². The van der Waals surface area contributed by atoms with E-state index in [0.29, 0.717) is 12.3 Å². The molecule has 2 amide bonds. The van der Waals surface area contributed by atoms with Crippen molar-refractivity contribution in [3.63, 3.8) is 0 Å². The van der Waals surface area contributed by atoms with E-state index in [9.17, 15) is 9.59 Å². The molecular formula is C20H22N2O3. The van der Waals surface area contributed by atoms with Gasteiger partial charge >= 0.3 is 0 Å². The highest BCUT2D eigenvalue weighted by Crippen LogP contribution is 2.06. The summed E-state index contributed by atoms with van der Waals surface area (Å²) in [5.74, 6) is -0.141. The van der Waals surface area contributed by atoms with Crippen molar-refractivity contribution in [2.75, 3.05) is 6.54 Å². The third-order valence-corrected chi connectivity index (χ3v) is 3.37. The van der Waals surface area contributed by atoms with E-state index in [0.717, 1.165) is 18.4 Å². The summed E-state index contributed by atoms with van der Waals surface area (Å²) < 4.78 is 5.14. The molecule has 1 heterocycles. The molecule has 0 aliphatic carbocycles. The summed E-state index contributed by atoms with van der Waals surface area (Å²) in [6, 6.07) is 12.8. The molecule has 0 radical (unpaired) electrons. The Hall–Kier alpha value is -3.08. The first-order valence-corrected chi connectivity index (χ1v) is 8.26. The molecule has 0 spiro atoms. The summed E-state index contributed by atoms with van der Waals surface area (Å²) in [5.41, 5.74) is 1.04. The fourth-order valence-electron chi connectivity index (χ4n) is 2.07. The maximum absolute atomic E-state index is 12.4. The van der Waals surface area contributed by atoms with Gasteiger partial charge in [-0.15, -0.1) is 0 Å². The molecule has 0 fully saturated rings. The number of hydrogen-bond donors (Lipinski definition) is 2. The first-order valence-electron chi connectivity index (χ1n) is 8.26. The van der Waals surface area contributed by atoms with Gasteiger partial charge in [0.15, 0.2) is 0 Å². The summed E-state index contributed by atoms with van der Waals surface area (Å²) in [5, 5.41) is 5.45. The number of amides is 2. The zero-order chi connectivity index (χ0) is 17.9. The van der Waals surface area contributed by atoms with E-state index in [1.54, 1.807) is 24.3 Å². The third kappa shape index (κ3) is 6.51. The van der Waals surface area contributed by atoms with Gasteiger partial charge in [-0.05, 0) is 36.3 Å². The van der Waals surface area contributed by atoms with Gasteiger partial charge in [0.1, 0.15) is 11.5 Å². The number of carbonyl (C=O) groups excluding carboxylic acids is 2. The molecule has 2 N–H and O–H groups in total. The molecule has 1 aromatic carbocycles. The van der Waals surface area contributed by atoms with Crippen LogP contribution in [-0.4, -0.2) is 18.4 Å². The number of rotatable bonds is 8. The van der Waals surface area contributed by atoms with E-state index in [4.69, 9.17) is 4.42 Å². The Morgan fingerprint density at radius 1 is 1.12 bits per heavy atom. The van der Waals surface area contributed by atoms with E-state index in [1.807, 2.05) is 37.3 Å². The lowest BCUT2D eigenvalue weighted by molar-refractivity contribution is -0.121. The average molecular weight is 338 g/mol. The fourth-order valence-corrected chi connectivity index (χ4v) is 2.07. The maximum atomic E-state index is 12.4. The van der Waals surface area contributed by atoms with Gasteiger partial charge in [-0.2, -0.15) is 0 Å². The first-order chi connectivity index (χ1) is 12.2. The lowest BCUT2D eigenvalue weighted by Gasteiger charge is -2.09. The van der Waals surface area contributed by atoms with Crippen LogP contribution < -0.4 is 10.6 Å². The molecule has 25 heavy (non-hydrogen) atoms. The smallest absolute Gasteiger partial charge is 0.267 e. The SMILES string of the molecule is CCCCNC(=O)C(=Cc1ccccc1)NC(=O)C=Cc1ccco1. The van der Waals surface area contributed by atoms with E-state index in [1.165, 1.54) is 12.3 Å². The zero-order valence-electron chi connectivity index (χ0n) is 14.2. The molecular weight excluding hydrogens is 316 g/mol. The van der Waals surface area contributed by atoms with Crippen LogP contribution in [0.5, 0.6) is 0 Å². The number of hydrogen-bond acceptors (Lipinski definition) is 3. The first kappa shape index (κ1) is 18.3. The maximum Gasteiger partial charge on any atom is 0.267 e. The lowest BCUT2D eigenvalue weighted by atomic mass is 10.2. The van der Waals surface area contributed by atoms with Crippen LogP contribution in [0.4, 0.5) is 0 Å². The van der Waals surface area contributed by atoms with Gasteiger partial charge in [0.25, 0.3) is 5.91 Å². The molecule has 0 atom stereocenters. The van der Waals surface area contributed by atoms with Crippen LogP contribution in [0.25, 0.3) is 12.2 Å². The quantitative estimate of drug-likeness (QED) is 0.573. The van der Waals surface area contributed by atoms with Crippen LogP contribution in [0.1, 0.15) is 31.1 Å². The van der Waals surface area contributed by atoms with Gasteiger partial charge in [-0.1, -0.05) is 43.7 Å². The molecule has 1 aromatic heterocycles. The molecule has 130 valence electrons. The van der Waals surface area contributed by atoms with Crippen LogP contribution >= 0.6 is 0 Å². The highest BCUT2D eigenvalue weighted by molar-refractivity contribution is 6.04. The molecule has 0 saturated heterocycles. The number of furan rings is 1. The minimum atomic E-state index is -0.399. The van der Waals surface area contributed by atoms with Crippen LogP contribution in [0, 0.1) is 0 Å². The van der Waals surface area contributed by atoms with Gasteiger partial charge in [0.2, 0.25) is 5.91 Å². The van der Waals surface area contributed by atoms with Crippen LogP contribution in [0.2, 0.25) is 0 Å². The standard InChI is InChI=1S/C20H22N2O3/c1-2-3-13-21-20(24)18(15-16-8-5-4-6-9-16)22-19(23)12-11-17-10-7-14-25-17/h4-12,14-15H,2-3,13H2,1H3,(H,21,24)(H,22,23). The molecule has 0 unspecified atom stereocenters. The summed E-state index contributed by atoms with van der Waals surface area (Å²) in [7, 11) is 0.